The summed E-state index contributed by atoms with van der Waals surface area (Å²) in [6.45, 7) is 0. The molecule has 0 aliphatic carbocycles. The molecule has 222 valence electrons. The van der Waals surface area contributed by atoms with Crippen LogP contribution in [0.4, 0.5) is 17.1 Å². The molecule has 0 heterocycles. The predicted molar refractivity (Wildman–Crippen MR) is 200 cm³/mol. The van der Waals surface area contributed by atoms with Crippen LogP contribution in [-0.4, -0.2) is 0 Å². The monoisotopic (exact) mass is 599 g/mol. The quantitative estimate of drug-likeness (QED) is 0.176. The van der Waals surface area contributed by atoms with Gasteiger partial charge in [0.05, 0.1) is 5.69 Å². The number of rotatable bonds is 7. The molecule has 8 aromatic carbocycles. The van der Waals surface area contributed by atoms with E-state index in [4.69, 9.17) is 0 Å². The van der Waals surface area contributed by atoms with Gasteiger partial charge in [0.25, 0.3) is 0 Å². The standard InChI is InChI=1S/C46H33N/c1-4-12-34(13-5-1)37-24-28-43(29-25-37)47(44-30-26-38(27-31-44)35-14-6-2-7-15-35)46-19-11-10-18-45(46)41-23-21-39-20-22-40(32-42(39)33-41)36-16-8-3-9-17-36/h1-33H. The van der Waals surface area contributed by atoms with Crippen molar-refractivity contribution in [1.82, 2.24) is 0 Å². The van der Waals surface area contributed by atoms with Gasteiger partial charge < -0.3 is 4.90 Å². The van der Waals surface area contributed by atoms with E-state index in [0.29, 0.717) is 0 Å². The fourth-order valence-electron chi connectivity index (χ4n) is 6.43. The largest absolute Gasteiger partial charge is 0.310 e. The number of hydrogen-bond donors (Lipinski definition) is 0. The fourth-order valence-corrected chi connectivity index (χ4v) is 6.43. The van der Waals surface area contributed by atoms with Gasteiger partial charge in [-0.1, -0.05) is 158 Å². The van der Waals surface area contributed by atoms with E-state index in [0.717, 1.165) is 17.1 Å². The molecule has 1 nitrogen and oxygen atoms in total. The first-order valence-electron chi connectivity index (χ1n) is 16.1. The van der Waals surface area contributed by atoms with E-state index in [9.17, 15) is 0 Å². The topological polar surface area (TPSA) is 3.24 Å². The van der Waals surface area contributed by atoms with Crippen molar-refractivity contribution >= 4 is 27.8 Å². The van der Waals surface area contributed by atoms with Crippen molar-refractivity contribution in [2.45, 2.75) is 0 Å². The molecule has 0 N–H and O–H groups in total. The van der Waals surface area contributed by atoms with Crippen molar-refractivity contribution in [2.24, 2.45) is 0 Å². The maximum Gasteiger partial charge on any atom is 0.0540 e. The summed E-state index contributed by atoms with van der Waals surface area (Å²) in [5.41, 5.74) is 13.0. The Balaban J connectivity index is 1.24. The molecule has 0 saturated carbocycles. The second-order valence-electron chi connectivity index (χ2n) is 11.8. The second-order valence-corrected chi connectivity index (χ2v) is 11.8. The molecular formula is C46H33N. The molecule has 8 aromatic rings. The van der Waals surface area contributed by atoms with Gasteiger partial charge in [0.2, 0.25) is 0 Å². The highest BCUT2D eigenvalue weighted by Gasteiger charge is 2.18. The van der Waals surface area contributed by atoms with E-state index in [1.54, 1.807) is 0 Å². The van der Waals surface area contributed by atoms with Gasteiger partial charge in [0.1, 0.15) is 0 Å². The van der Waals surface area contributed by atoms with Gasteiger partial charge in [-0.3, -0.25) is 0 Å². The Bertz CT molecular complexity index is 2170. The van der Waals surface area contributed by atoms with E-state index in [1.807, 2.05) is 0 Å². The van der Waals surface area contributed by atoms with Crippen molar-refractivity contribution in [2.75, 3.05) is 4.90 Å². The summed E-state index contributed by atoms with van der Waals surface area (Å²) in [5, 5.41) is 2.46. The van der Waals surface area contributed by atoms with Crippen molar-refractivity contribution in [1.29, 1.82) is 0 Å². The first-order chi connectivity index (χ1) is 23.3. The van der Waals surface area contributed by atoms with Crippen molar-refractivity contribution in [3.05, 3.63) is 200 Å². The van der Waals surface area contributed by atoms with Crippen LogP contribution in [0.1, 0.15) is 0 Å². The molecule has 0 radical (unpaired) electrons. The van der Waals surface area contributed by atoms with E-state index < -0.39 is 0 Å². The molecule has 0 saturated heterocycles. The highest BCUT2D eigenvalue weighted by atomic mass is 15.1. The van der Waals surface area contributed by atoms with Gasteiger partial charge in [-0.25, -0.2) is 0 Å². The maximum absolute atomic E-state index is 2.38. The van der Waals surface area contributed by atoms with Crippen molar-refractivity contribution in [3.8, 4) is 44.5 Å². The van der Waals surface area contributed by atoms with Crippen LogP contribution >= 0.6 is 0 Å². The van der Waals surface area contributed by atoms with Crippen LogP contribution in [0.5, 0.6) is 0 Å². The summed E-state index contributed by atoms with van der Waals surface area (Å²) in [6.07, 6.45) is 0. The third-order valence-electron chi connectivity index (χ3n) is 8.87. The summed E-state index contributed by atoms with van der Waals surface area (Å²) in [5.74, 6) is 0. The van der Waals surface area contributed by atoms with E-state index in [2.05, 4.69) is 205 Å². The Hall–Kier alpha value is -6.18. The summed E-state index contributed by atoms with van der Waals surface area (Å²) in [7, 11) is 0. The number of anilines is 3. The molecule has 0 unspecified atom stereocenters. The molecule has 1 heteroatoms. The van der Waals surface area contributed by atoms with Gasteiger partial charge in [-0.2, -0.15) is 0 Å². The molecule has 0 atom stereocenters. The minimum atomic E-state index is 1.11. The smallest absolute Gasteiger partial charge is 0.0540 e. The lowest BCUT2D eigenvalue weighted by Gasteiger charge is -2.28. The first kappa shape index (κ1) is 28.3. The Kier molecular flexibility index (Phi) is 7.63. The van der Waals surface area contributed by atoms with Crippen LogP contribution in [0.25, 0.3) is 55.3 Å². The highest BCUT2D eigenvalue weighted by Crippen LogP contribution is 2.42. The van der Waals surface area contributed by atoms with Crippen LogP contribution in [-0.2, 0) is 0 Å². The summed E-state index contributed by atoms with van der Waals surface area (Å²) in [6, 6.07) is 71.8. The van der Waals surface area contributed by atoms with Crippen LogP contribution < -0.4 is 4.90 Å². The average molecular weight is 600 g/mol. The minimum absolute atomic E-state index is 1.11. The van der Waals surface area contributed by atoms with E-state index in [1.165, 1.54) is 55.3 Å². The molecule has 0 aromatic heterocycles. The second kappa shape index (κ2) is 12.7. The van der Waals surface area contributed by atoms with E-state index in [-0.39, 0.29) is 0 Å². The van der Waals surface area contributed by atoms with Gasteiger partial charge in [-0.15, -0.1) is 0 Å². The van der Waals surface area contributed by atoms with Gasteiger partial charge in [0.15, 0.2) is 0 Å². The predicted octanol–water partition coefficient (Wildman–Crippen LogP) is 13.0. The zero-order chi connectivity index (χ0) is 31.4. The summed E-state index contributed by atoms with van der Waals surface area (Å²) >= 11 is 0. The third kappa shape index (κ3) is 5.83. The normalized spacial score (nSPS) is 11.0. The minimum Gasteiger partial charge on any atom is -0.310 e. The number of benzene rings is 8. The number of fused-ring (bicyclic) bond motifs is 1. The Morgan fingerprint density at radius 1 is 0.255 bits per heavy atom. The Labute approximate surface area is 276 Å². The lowest BCUT2D eigenvalue weighted by atomic mass is 9.96. The molecule has 0 aliphatic heterocycles. The third-order valence-corrected chi connectivity index (χ3v) is 8.87. The number of hydrogen-bond acceptors (Lipinski definition) is 1. The lowest BCUT2D eigenvalue weighted by Crippen LogP contribution is -2.11. The van der Waals surface area contributed by atoms with Gasteiger partial charge in [0, 0.05) is 16.9 Å². The van der Waals surface area contributed by atoms with Crippen LogP contribution in [0.3, 0.4) is 0 Å². The van der Waals surface area contributed by atoms with Crippen LogP contribution in [0, 0.1) is 0 Å². The summed E-state index contributed by atoms with van der Waals surface area (Å²) < 4.78 is 0. The SMILES string of the molecule is c1ccc(-c2ccc(N(c3ccc(-c4ccccc4)cc3)c3ccccc3-c3ccc4ccc(-c5ccccc5)cc4c3)cc2)cc1. The summed E-state index contributed by atoms with van der Waals surface area (Å²) in [4.78, 5) is 2.38. The zero-order valence-corrected chi connectivity index (χ0v) is 26.0. The van der Waals surface area contributed by atoms with Crippen LogP contribution in [0.15, 0.2) is 200 Å². The highest BCUT2D eigenvalue weighted by molar-refractivity contribution is 5.95. The zero-order valence-electron chi connectivity index (χ0n) is 26.0. The van der Waals surface area contributed by atoms with Gasteiger partial charge >= 0.3 is 0 Å². The lowest BCUT2D eigenvalue weighted by molar-refractivity contribution is 1.28. The molecule has 0 fully saturated rings. The number of para-hydroxylation sites is 1. The average Bonchev–Trinajstić information content (AvgIpc) is 3.16. The molecule has 8 rings (SSSR count). The molecule has 0 aliphatic rings. The van der Waals surface area contributed by atoms with Crippen LogP contribution in [0.2, 0.25) is 0 Å². The van der Waals surface area contributed by atoms with Crippen molar-refractivity contribution < 1.29 is 0 Å². The molecule has 47 heavy (non-hydrogen) atoms. The molecule has 0 spiro atoms. The maximum atomic E-state index is 2.38. The Morgan fingerprint density at radius 2 is 0.638 bits per heavy atom. The first-order valence-corrected chi connectivity index (χ1v) is 16.1. The van der Waals surface area contributed by atoms with Crippen molar-refractivity contribution in [3.63, 3.8) is 0 Å². The number of nitrogens with zero attached hydrogens (tertiary/aromatic N) is 1. The Morgan fingerprint density at radius 3 is 1.17 bits per heavy atom. The van der Waals surface area contributed by atoms with E-state index >= 15 is 0 Å². The molecule has 0 bridgehead atoms. The van der Waals surface area contributed by atoms with Gasteiger partial charge in [-0.05, 0) is 92.2 Å². The fraction of sp³-hybridized carbons (Fsp3) is 0. The molecule has 0 amide bonds. The molecular weight excluding hydrogens is 567 g/mol.